The van der Waals surface area contributed by atoms with Crippen LogP contribution in [0.5, 0.6) is 0 Å². The minimum Gasteiger partial charge on any atom is -0.465 e. The molecule has 2 fully saturated rings. The molecule has 1 heterocycles. The van der Waals surface area contributed by atoms with Crippen LogP contribution in [0.1, 0.15) is 72.1 Å². The van der Waals surface area contributed by atoms with Crippen LogP contribution in [0.3, 0.4) is 0 Å². The van der Waals surface area contributed by atoms with Crippen molar-refractivity contribution in [2.75, 3.05) is 19.4 Å². The molecular weight excluding hydrogens is 396 g/mol. The fraction of sp³-hybridized carbons (Fsp3) is 0.950. The molecule has 170 valence electrons. The van der Waals surface area contributed by atoms with Crippen LogP contribution in [0.2, 0.25) is 0 Å². The van der Waals surface area contributed by atoms with Crippen LogP contribution in [0, 0.1) is 5.92 Å². The smallest absolute Gasteiger partial charge is 0.409 e. The summed E-state index contributed by atoms with van der Waals surface area (Å²) in [7, 11) is -2.09. The highest BCUT2D eigenvalue weighted by Gasteiger charge is 2.53. The Hall–Kier alpha value is -0.900. The van der Waals surface area contributed by atoms with Gasteiger partial charge in [0.05, 0.1) is 11.8 Å². The van der Waals surface area contributed by atoms with Gasteiger partial charge in [0.1, 0.15) is 17.9 Å². The predicted molar refractivity (Wildman–Crippen MR) is 111 cm³/mol. The number of amides is 1. The van der Waals surface area contributed by atoms with E-state index in [0.29, 0.717) is 18.9 Å². The summed E-state index contributed by atoms with van der Waals surface area (Å²) in [5.74, 6) is 0.176. The predicted octanol–water partition coefficient (Wildman–Crippen LogP) is 3.17. The average Bonchev–Trinajstić information content (AvgIpc) is 2.91. The van der Waals surface area contributed by atoms with Gasteiger partial charge in [-0.2, -0.15) is 0 Å². The van der Waals surface area contributed by atoms with Crippen molar-refractivity contribution in [2.45, 2.75) is 96.1 Å². The monoisotopic (exact) mass is 434 g/mol. The van der Waals surface area contributed by atoms with Crippen molar-refractivity contribution in [3.63, 3.8) is 0 Å². The fourth-order valence-electron chi connectivity index (χ4n) is 4.69. The van der Waals surface area contributed by atoms with E-state index in [1.54, 1.807) is 13.8 Å². The minimum absolute atomic E-state index is 0.247. The summed E-state index contributed by atoms with van der Waals surface area (Å²) in [6, 6.07) is -0.429. The van der Waals surface area contributed by atoms with Crippen LogP contribution >= 0.6 is 0 Å². The molecule has 1 saturated heterocycles. The third-order valence-electron chi connectivity index (χ3n) is 6.13. The molecule has 2 aliphatic rings. The molecule has 0 spiro atoms. The molecule has 1 aliphatic heterocycles. The Morgan fingerprint density at radius 1 is 1.31 bits per heavy atom. The largest absolute Gasteiger partial charge is 0.465 e. The fourth-order valence-corrected chi connectivity index (χ4v) is 6.02. The number of sulfonamides is 1. The highest BCUT2D eigenvalue weighted by atomic mass is 32.2. The zero-order valence-electron chi connectivity index (χ0n) is 18.2. The van der Waals surface area contributed by atoms with Gasteiger partial charge in [-0.05, 0) is 32.6 Å². The van der Waals surface area contributed by atoms with E-state index in [0.717, 1.165) is 38.5 Å². The zero-order chi connectivity index (χ0) is 21.7. The number of hydrogen-bond donors (Lipinski definition) is 2. The highest BCUT2D eigenvalue weighted by molar-refractivity contribution is 7.89. The summed E-state index contributed by atoms with van der Waals surface area (Å²) in [5.41, 5.74) is -1.04. The maximum absolute atomic E-state index is 12.5. The number of nitrogens with one attached hydrogen (secondary N) is 1. The number of carboxylic acid groups (broad SMARTS) is 1. The van der Waals surface area contributed by atoms with Crippen molar-refractivity contribution in [3.05, 3.63) is 0 Å². The number of nitrogens with zero attached hydrogens (tertiary/aromatic N) is 1. The topological polar surface area (TPSA) is 105 Å². The Morgan fingerprint density at radius 2 is 1.97 bits per heavy atom. The Labute approximate surface area is 175 Å². The Kier molecular flexibility index (Phi) is 8.75. The number of ether oxygens (including phenoxy) is 2. The SMILES string of the molecule is CCCCNS(=O)(=O)C[C@H](OC)[C@H]1OC(C)(C)N(C(=O)O)[C@H]1CC1CCCCC1. The molecule has 0 aromatic carbocycles. The van der Waals surface area contributed by atoms with E-state index in [1.165, 1.54) is 18.4 Å². The molecule has 2 rings (SSSR count). The number of carbonyl (C=O) groups is 1. The molecule has 1 saturated carbocycles. The quantitative estimate of drug-likeness (QED) is 0.512. The van der Waals surface area contributed by atoms with Gasteiger partial charge >= 0.3 is 6.09 Å². The van der Waals surface area contributed by atoms with Crippen molar-refractivity contribution in [3.8, 4) is 0 Å². The number of rotatable bonds is 10. The third kappa shape index (κ3) is 6.54. The average molecular weight is 435 g/mol. The van der Waals surface area contributed by atoms with Crippen LogP contribution in [0.15, 0.2) is 0 Å². The summed E-state index contributed by atoms with van der Waals surface area (Å²) >= 11 is 0. The molecular formula is C20H38N2O6S. The Bertz CT molecular complexity index is 633. The second kappa shape index (κ2) is 10.4. The van der Waals surface area contributed by atoms with E-state index in [1.807, 2.05) is 6.92 Å². The summed E-state index contributed by atoms with van der Waals surface area (Å²) in [6.07, 6.45) is 5.59. The van der Waals surface area contributed by atoms with Gasteiger partial charge in [0, 0.05) is 13.7 Å². The van der Waals surface area contributed by atoms with Crippen molar-refractivity contribution in [1.29, 1.82) is 0 Å². The van der Waals surface area contributed by atoms with Gasteiger partial charge in [-0.15, -0.1) is 0 Å². The molecule has 0 bridgehead atoms. The second-order valence-electron chi connectivity index (χ2n) is 8.79. The molecule has 8 nitrogen and oxygen atoms in total. The summed E-state index contributed by atoms with van der Waals surface area (Å²) in [5, 5.41) is 9.87. The van der Waals surface area contributed by atoms with Crippen molar-refractivity contribution in [1.82, 2.24) is 9.62 Å². The van der Waals surface area contributed by atoms with Gasteiger partial charge in [-0.3, -0.25) is 4.90 Å². The van der Waals surface area contributed by atoms with Crippen molar-refractivity contribution in [2.24, 2.45) is 5.92 Å². The molecule has 0 aromatic heterocycles. The third-order valence-corrected chi connectivity index (χ3v) is 7.54. The van der Waals surface area contributed by atoms with E-state index in [-0.39, 0.29) is 5.75 Å². The first kappa shape index (κ1) is 24.4. The molecule has 9 heteroatoms. The molecule has 0 unspecified atom stereocenters. The Balaban J connectivity index is 2.21. The van der Waals surface area contributed by atoms with E-state index < -0.39 is 40.1 Å². The van der Waals surface area contributed by atoms with E-state index >= 15 is 0 Å². The molecule has 0 aromatic rings. The van der Waals surface area contributed by atoms with Crippen LogP contribution in [-0.2, 0) is 19.5 Å². The minimum atomic E-state index is -3.56. The second-order valence-corrected chi connectivity index (χ2v) is 10.6. The van der Waals surface area contributed by atoms with Crippen LogP contribution < -0.4 is 4.72 Å². The van der Waals surface area contributed by atoms with Crippen LogP contribution in [0.4, 0.5) is 4.79 Å². The summed E-state index contributed by atoms with van der Waals surface area (Å²) in [6.45, 7) is 5.82. The first-order valence-corrected chi connectivity index (χ1v) is 12.5. The number of unbranched alkanes of at least 4 members (excludes halogenated alkanes) is 1. The molecule has 1 amide bonds. The maximum atomic E-state index is 12.5. The number of methoxy groups -OCH3 is 1. The molecule has 29 heavy (non-hydrogen) atoms. The molecule has 0 radical (unpaired) electrons. The van der Waals surface area contributed by atoms with E-state index in [9.17, 15) is 18.3 Å². The lowest BCUT2D eigenvalue weighted by atomic mass is 9.83. The standard InChI is InChI=1S/C20H38N2O6S/c1-5-6-12-21-29(25,26)14-17(27-4)18-16(13-15-10-8-7-9-11-15)22(19(23)24)20(2,3)28-18/h15-18,21H,5-14H2,1-4H3,(H,23,24)/t16-,17-,18-/m0/s1. The van der Waals surface area contributed by atoms with Gasteiger partial charge in [-0.1, -0.05) is 45.4 Å². The normalized spacial score (nSPS) is 26.6. The van der Waals surface area contributed by atoms with Gasteiger partial charge in [0.15, 0.2) is 0 Å². The molecule has 3 atom stereocenters. The lowest BCUT2D eigenvalue weighted by Gasteiger charge is -2.34. The number of hydrogen-bond acceptors (Lipinski definition) is 5. The van der Waals surface area contributed by atoms with Gasteiger partial charge in [-0.25, -0.2) is 17.9 Å². The van der Waals surface area contributed by atoms with Crippen molar-refractivity contribution < 1.29 is 27.8 Å². The molecule has 1 aliphatic carbocycles. The van der Waals surface area contributed by atoms with Crippen LogP contribution in [-0.4, -0.2) is 67.9 Å². The zero-order valence-corrected chi connectivity index (χ0v) is 19.0. The van der Waals surface area contributed by atoms with Gasteiger partial charge < -0.3 is 14.6 Å². The lowest BCUT2D eigenvalue weighted by Crippen LogP contribution is -2.50. The van der Waals surface area contributed by atoms with E-state index in [4.69, 9.17) is 9.47 Å². The summed E-state index contributed by atoms with van der Waals surface area (Å²) in [4.78, 5) is 13.4. The van der Waals surface area contributed by atoms with Gasteiger partial charge in [0.25, 0.3) is 0 Å². The maximum Gasteiger partial charge on any atom is 0.409 e. The van der Waals surface area contributed by atoms with Crippen LogP contribution in [0.25, 0.3) is 0 Å². The molecule has 2 N–H and O–H groups in total. The Morgan fingerprint density at radius 3 is 2.52 bits per heavy atom. The first-order valence-electron chi connectivity index (χ1n) is 10.8. The lowest BCUT2D eigenvalue weighted by molar-refractivity contribution is -0.100. The highest BCUT2D eigenvalue weighted by Crippen LogP contribution is 2.40. The summed E-state index contributed by atoms with van der Waals surface area (Å²) < 4.78 is 39.3. The van der Waals surface area contributed by atoms with Gasteiger partial charge in [0.2, 0.25) is 10.0 Å². The van der Waals surface area contributed by atoms with Crippen molar-refractivity contribution >= 4 is 16.1 Å². The van der Waals surface area contributed by atoms with E-state index in [2.05, 4.69) is 4.72 Å². The first-order chi connectivity index (χ1) is 13.6.